The fourth-order valence-corrected chi connectivity index (χ4v) is 2.09. The number of ether oxygens (including phenoxy) is 1. The number of anilines is 1. The van der Waals surface area contributed by atoms with E-state index in [4.69, 9.17) is 4.74 Å². The number of hydrogen-bond donors (Lipinski definition) is 2. The second kappa shape index (κ2) is 6.34. The Labute approximate surface area is 117 Å². The first-order valence-electron chi connectivity index (χ1n) is 6.67. The third kappa shape index (κ3) is 3.24. The predicted octanol–water partition coefficient (Wildman–Crippen LogP) is 2.07. The van der Waals surface area contributed by atoms with Gasteiger partial charge in [0, 0.05) is 23.7 Å². The van der Waals surface area contributed by atoms with E-state index in [1.165, 1.54) is 0 Å². The normalized spacial score (nSPS) is 10.7. The highest BCUT2D eigenvalue weighted by molar-refractivity contribution is 5.94. The number of carbonyl (C=O) groups excluding carboxylic acids is 1. The Morgan fingerprint density at radius 1 is 1.30 bits per heavy atom. The molecule has 1 aromatic carbocycles. The molecule has 106 valence electrons. The Kier molecular flexibility index (Phi) is 4.53. The number of hydrogen-bond acceptors (Lipinski definition) is 3. The summed E-state index contributed by atoms with van der Waals surface area (Å²) in [5, 5.41) is 3.74. The molecule has 0 atom stereocenters. The van der Waals surface area contributed by atoms with Crippen LogP contribution in [0.2, 0.25) is 0 Å². The summed E-state index contributed by atoms with van der Waals surface area (Å²) in [6.07, 6.45) is 0.788. The van der Waals surface area contributed by atoms with E-state index < -0.39 is 0 Å². The van der Waals surface area contributed by atoms with Crippen LogP contribution in [0.15, 0.2) is 29.1 Å². The van der Waals surface area contributed by atoms with Crippen LogP contribution >= 0.6 is 0 Å². The number of aryl methyl sites for hydroxylation is 1. The lowest BCUT2D eigenvalue weighted by molar-refractivity contribution is -0.120. The van der Waals surface area contributed by atoms with E-state index in [0.717, 1.165) is 22.9 Å². The number of aromatic amines is 1. The van der Waals surface area contributed by atoms with Crippen molar-refractivity contribution in [3.05, 3.63) is 40.2 Å². The summed E-state index contributed by atoms with van der Waals surface area (Å²) in [6.45, 7) is 4.37. The lowest BCUT2D eigenvalue weighted by Crippen LogP contribution is -2.18. The number of pyridine rings is 1. The predicted molar refractivity (Wildman–Crippen MR) is 79.1 cm³/mol. The second-order valence-electron chi connectivity index (χ2n) is 4.46. The average molecular weight is 274 g/mol. The molecule has 1 amide bonds. The molecule has 1 aromatic heterocycles. The smallest absolute Gasteiger partial charge is 0.250 e. The minimum atomic E-state index is -0.208. The van der Waals surface area contributed by atoms with Crippen LogP contribution in [-0.2, 0) is 16.0 Å². The van der Waals surface area contributed by atoms with Crippen LogP contribution in [0.25, 0.3) is 10.9 Å². The quantitative estimate of drug-likeness (QED) is 0.876. The van der Waals surface area contributed by atoms with Gasteiger partial charge in [-0.1, -0.05) is 13.0 Å². The lowest BCUT2D eigenvalue weighted by Gasteiger charge is -2.08. The minimum absolute atomic E-state index is 0.0278. The van der Waals surface area contributed by atoms with Gasteiger partial charge in [0.05, 0.1) is 5.52 Å². The first-order valence-corrected chi connectivity index (χ1v) is 6.67. The number of benzene rings is 1. The van der Waals surface area contributed by atoms with Crippen LogP contribution in [0, 0.1) is 0 Å². The Hall–Kier alpha value is -2.14. The number of nitrogens with one attached hydrogen (secondary N) is 2. The van der Waals surface area contributed by atoms with E-state index in [-0.39, 0.29) is 18.1 Å². The van der Waals surface area contributed by atoms with Crippen molar-refractivity contribution < 1.29 is 9.53 Å². The summed E-state index contributed by atoms with van der Waals surface area (Å²) in [6, 6.07) is 7.10. The summed E-state index contributed by atoms with van der Waals surface area (Å²) in [5.41, 5.74) is 2.23. The van der Waals surface area contributed by atoms with Gasteiger partial charge in [-0.05, 0) is 31.0 Å². The Morgan fingerprint density at radius 2 is 2.10 bits per heavy atom. The molecular weight excluding hydrogens is 256 g/mol. The molecule has 2 aromatic rings. The van der Waals surface area contributed by atoms with Gasteiger partial charge < -0.3 is 15.0 Å². The SMILES string of the molecule is CCOCC(=O)Nc1ccc2c(CC)cc(=O)[nH]c2c1. The van der Waals surface area contributed by atoms with Crippen molar-refractivity contribution in [2.24, 2.45) is 0 Å². The second-order valence-corrected chi connectivity index (χ2v) is 4.46. The lowest BCUT2D eigenvalue weighted by atomic mass is 10.1. The molecule has 2 N–H and O–H groups in total. The van der Waals surface area contributed by atoms with Gasteiger partial charge in [-0.15, -0.1) is 0 Å². The van der Waals surface area contributed by atoms with Gasteiger partial charge in [0.2, 0.25) is 11.5 Å². The van der Waals surface area contributed by atoms with Crippen LogP contribution in [-0.4, -0.2) is 24.1 Å². The van der Waals surface area contributed by atoms with Gasteiger partial charge in [0.15, 0.2) is 0 Å². The molecule has 0 spiro atoms. The first-order chi connectivity index (χ1) is 9.63. The van der Waals surface area contributed by atoms with E-state index >= 15 is 0 Å². The average Bonchev–Trinajstić information content (AvgIpc) is 2.43. The van der Waals surface area contributed by atoms with Crippen LogP contribution in [0.5, 0.6) is 0 Å². The third-order valence-corrected chi connectivity index (χ3v) is 3.03. The summed E-state index contributed by atoms with van der Waals surface area (Å²) in [4.78, 5) is 25.9. The zero-order valence-corrected chi connectivity index (χ0v) is 11.7. The van der Waals surface area contributed by atoms with Gasteiger partial charge in [-0.3, -0.25) is 9.59 Å². The van der Waals surface area contributed by atoms with Crippen molar-refractivity contribution in [2.75, 3.05) is 18.5 Å². The highest BCUT2D eigenvalue weighted by atomic mass is 16.5. The fraction of sp³-hybridized carbons (Fsp3) is 0.333. The van der Waals surface area contributed by atoms with Crippen molar-refractivity contribution in [1.29, 1.82) is 0 Å². The molecule has 0 radical (unpaired) electrons. The van der Waals surface area contributed by atoms with E-state index in [2.05, 4.69) is 10.3 Å². The van der Waals surface area contributed by atoms with Crippen molar-refractivity contribution in [3.63, 3.8) is 0 Å². The van der Waals surface area contributed by atoms with Crippen molar-refractivity contribution in [3.8, 4) is 0 Å². The van der Waals surface area contributed by atoms with E-state index in [0.29, 0.717) is 12.3 Å². The number of fused-ring (bicyclic) bond motifs is 1. The van der Waals surface area contributed by atoms with E-state index in [1.54, 1.807) is 12.1 Å². The molecule has 1 heterocycles. The van der Waals surface area contributed by atoms with Crippen molar-refractivity contribution in [1.82, 2.24) is 4.98 Å². The summed E-state index contributed by atoms with van der Waals surface area (Å²) in [7, 11) is 0. The van der Waals surface area contributed by atoms with Gasteiger partial charge in [0.25, 0.3) is 0 Å². The molecular formula is C15H18N2O3. The maximum Gasteiger partial charge on any atom is 0.250 e. The molecule has 2 rings (SSSR count). The van der Waals surface area contributed by atoms with Crippen LogP contribution in [0.1, 0.15) is 19.4 Å². The zero-order chi connectivity index (χ0) is 14.5. The molecule has 20 heavy (non-hydrogen) atoms. The molecule has 0 aliphatic rings. The molecule has 0 saturated heterocycles. The van der Waals surface area contributed by atoms with E-state index in [9.17, 15) is 9.59 Å². The van der Waals surface area contributed by atoms with Crippen LogP contribution in [0.4, 0.5) is 5.69 Å². The fourth-order valence-electron chi connectivity index (χ4n) is 2.09. The number of rotatable bonds is 5. The number of aromatic nitrogens is 1. The highest BCUT2D eigenvalue weighted by Crippen LogP contribution is 2.20. The van der Waals surface area contributed by atoms with Gasteiger partial charge in [-0.25, -0.2) is 0 Å². The molecule has 0 aliphatic heterocycles. The molecule has 0 saturated carbocycles. The van der Waals surface area contributed by atoms with Gasteiger partial charge in [-0.2, -0.15) is 0 Å². The Morgan fingerprint density at radius 3 is 2.80 bits per heavy atom. The molecule has 0 aliphatic carbocycles. The maximum atomic E-state index is 11.6. The van der Waals surface area contributed by atoms with Gasteiger partial charge >= 0.3 is 0 Å². The summed E-state index contributed by atoms with van der Waals surface area (Å²) < 4.78 is 5.04. The first kappa shape index (κ1) is 14.3. The Bertz CT molecular complexity index is 676. The molecule has 5 nitrogen and oxygen atoms in total. The number of amides is 1. The third-order valence-electron chi connectivity index (χ3n) is 3.03. The Balaban J connectivity index is 2.29. The number of H-pyrrole nitrogens is 1. The van der Waals surface area contributed by atoms with Crippen molar-refractivity contribution >= 4 is 22.5 Å². The number of carbonyl (C=O) groups is 1. The van der Waals surface area contributed by atoms with E-state index in [1.807, 2.05) is 26.0 Å². The monoisotopic (exact) mass is 274 g/mol. The van der Waals surface area contributed by atoms with Gasteiger partial charge in [0.1, 0.15) is 6.61 Å². The molecule has 0 unspecified atom stereocenters. The highest BCUT2D eigenvalue weighted by Gasteiger charge is 2.06. The molecule has 5 heteroatoms. The largest absolute Gasteiger partial charge is 0.372 e. The topological polar surface area (TPSA) is 71.2 Å². The van der Waals surface area contributed by atoms with Crippen LogP contribution < -0.4 is 10.9 Å². The van der Waals surface area contributed by atoms with Crippen LogP contribution in [0.3, 0.4) is 0 Å². The van der Waals surface area contributed by atoms with Crippen molar-refractivity contribution in [2.45, 2.75) is 20.3 Å². The minimum Gasteiger partial charge on any atom is -0.372 e. The maximum absolute atomic E-state index is 11.6. The summed E-state index contributed by atoms with van der Waals surface area (Å²) in [5.74, 6) is -0.208. The standard InChI is InChI=1S/C15H18N2O3/c1-3-10-7-14(18)17-13-8-11(5-6-12(10)13)16-15(19)9-20-4-2/h5-8H,3-4,9H2,1-2H3,(H,16,19)(H,17,18). The zero-order valence-electron chi connectivity index (χ0n) is 11.7. The summed E-state index contributed by atoms with van der Waals surface area (Å²) >= 11 is 0. The molecule has 0 bridgehead atoms. The molecule has 0 fully saturated rings.